The standard InChI is InChI=1S/C12H13ClN2O/c1-7-9(6-14)12(16)11(15-7)8-4-2-3-5-10(8)13/h2-5,15-16H,6,14H2,1H3. The van der Waals surface area contributed by atoms with Gasteiger partial charge in [-0.05, 0) is 13.0 Å². The molecule has 0 spiro atoms. The smallest absolute Gasteiger partial charge is 0.145 e. The van der Waals surface area contributed by atoms with Gasteiger partial charge < -0.3 is 15.8 Å². The molecule has 4 heteroatoms. The highest BCUT2D eigenvalue weighted by Gasteiger charge is 2.15. The maximum absolute atomic E-state index is 10.0. The van der Waals surface area contributed by atoms with Gasteiger partial charge in [0.1, 0.15) is 5.75 Å². The number of hydrogen-bond donors (Lipinski definition) is 3. The predicted octanol–water partition coefficient (Wildman–Crippen LogP) is 2.81. The molecule has 0 aliphatic rings. The van der Waals surface area contributed by atoms with Gasteiger partial charge in [-0.15, -0.1) is 0 Å². The molecule has 0 saturated heterocycles. The lowest BCUT2D eigenvalue weighted by Gasteiger charge is -2.02. The lowest BCUT2D eigenvalue weighted by atomic mass is 10.1. The van der Waals surface area contributed by atoms with E-state index in [1.54, 1.807) is 6.07 Å². The Morgan fingerprint density at radius 3 is 2.62 bits per heavy atom. The fraction of sp³-hybridized carbons (Fsp3) is 0.167. The molecule has 1 heterocycles. The third-order valence-electron chi connectivity index (χ3n) is 2.64. The van der Waals surface area contributed by atoms with E-state index in [0.717, 1.165) is 16.8 Å². The van der Waals surface area contributed by atoms with E-state index in [0.29, 0.717) is 17.3 Å². The van der Waals surface area contributed by atoms with Crippen molar-refractivity contribution in [2.45, 2.75) is 13.5 Å². The number of rotatable bonds is 2. The van der Waals surface area contributed by atoms with Gasteiger partial charge in [-0.2, -0.15) is 0 Å². The molecule has 84 valence electrons. The summed E-state index contributed by atoms with van der Waals surface area (Å²) in [7, 11) is 0. The van der Waals surface area contributed by atoms with Crippen molar-refractivity contribution in [3.63, 3.8) is 0 Å². The highest BCUT2D eigenvalue weighted by molar-refractivity contribution is 6.33. The molecule has 0 atom stereocenters. The van der Waals surface area contributed by atoms with Crippen LogP contribution in [0.3, 0.4) is 0 Å². The molecule has 0 aliphatic heterocycles. The van der Waals surface area contributed by atoms with Crippen LogP contribution in [0.1, 0.15) is 11.3 Å². The largest absolute Gasteiger partial charge is 0.505 e. The van der Waals surface area contributed by atoms with Crippen LogP contribution in [0.25, 0.3) is 11.3 Å². The molecular weight excluding hydrogens is 224 g/mol. The average Bonchev–Trinajstić information content (AvgIpc) is 2.55. The second-order valence-corrected chi connectivity index (χ2v) is 4.04. The normalized spacial score (nSPS) is 10.7. The van der Waals surface area contributed by atoms with Gasteiger partial charge in [-0.3, -0.25) is 0 Å². The van der Waals surface area contributed by atoms with Crippen LogP contribution in [0.5, 0.6) is 5.75 Å². The van der Waals surface area contributed by atoms with Crippen LogP contribution in [0.15, 0.2) is 24.3 Å². The highest BCUT2D eigenvalue weighted by atomic mass is 35.5. The number of halogens is 1. The quantitative estimate of drug-likeness (QED) is 0.751. The van der Waals surface area contributed by atoms with Crippen LogP contribution >= 0.6 is 11.6 Å². The Balaban J connectivity index is 2.62. The molecule has 0 amide bonds. The first-order valence-electron chi connectivity index (χ1n) is 5.00. The number of aryl methyl sites for hydroxylation is 1. The Kier molecular flexibility index (Phi) is 2.90. The first-order chi connectivity index (χ1) is 7.65. The van der Waals surface area contributed by atoms with Gasteiger partial charge >= 0.3 is 0 Å². The summed E-state index contributed by atoms with van der Waals surface area (Å²) < 4.78 is 0. The van der Waals surface area contributed by atoms with Gasteiger partial charge in [0.05, 0.1) is 10.7 Å². The number of aromatic hydroxyl groups is 1. The van der Waals surface area contributed by atoms with Crippen molar-refractivity contribution in [1.29, 1.82) is 0 Å². The first-order valence-corrected chi connectivity index (χ1v) is 5.38. The zero-order valence-electron chi connectivity index (χ0n) is 8.92. The van der Waals surface area contributed by atoms with Crippen LogP contribution < -0.4 is 5.73 Å². The zero-order chi connectivity index (χ0) is 11.7. The number of H-pyrrole nitrogens is 1. The minimum Gasteiger partial charge on any atom is -0.505 e. The lowest BCUT2D eigenvalue weighted by molar-refractivity contribution is 0.472. The van der Waals surface area contributed by atoms with Crippen molar-refractivity contribution in [3.05, 3.63) is 40.5 Å². The van der Waals surface area contributed by atoms with E-state index in [1.165, 1.54) is 0 Å². The summed E-state index contributed by atoms with van der Waals surface area (Å²) in [6.45, 7) is 2.18. The molecule has 0 aliphatic carbocycles. The van der Waals surface area contributed by atoms with Crippen LogP contribution in [-0.4, -0.2) is 10.1 Å². The summed E-state index contributed by atoms with van der Waals surface area (Å²) in [4.78, 5) is 3.11. The average molecular weight is 237 g/mol. The van der Waals surface area contributed by atoms with Gasteiger partial charge in [0, 0.05) is 23.4 Å². The monoisotopic (exact) mass is 236 g/mol. The molecule has 3 nitrogen and oxygen atoms in total. The van der Waals surface area contributed by atoms with Crippen molar-refractivity contribution in [3.8, 4) is 17.0 Å². The van der Waals surface area contributed by atoms with E-state index in [-0.39, 0.29) is 5.75 Å². The summed E-state index contributed by atoms with van der Waals surface area (Å²) in [6.07, 6.45) is 0. The van der Waals surface area contributed by atoms with Gasteiger partial charge in [0.15, 0.2) is 0 Å². The van der Waals surface area contributed by atoms with E-state index in [1.807, 2.05) is 25.1 Å². The number of nitrogens with two attached hydrogens (primary N) is 1. The summed E-state index contributed by atoms with van der Waals surface area (Å²) in [6, 6.07) is 7.36. The number of benzene rings is 1. The SMILES string of the molecule is Cc1[nH]c(-c2ccccc2Cl)c(O)c1CN. The molecule has 2 aromatic rings. The molecule has 0 saturated carbocycles. The number of aromatic amines is 1. The molecule has 0 radical (unpaired) electrons. The number of nitrogens with one attached hydrogen (secondary N) is 1. The minimum absolute atomic E-state index is 0.188. The Bertz CT molecular complexity index is 520. The summed E-state index contributed by atoms with van der Waals surface area (Å²) >= 11 is 6.07. The van der Waals surface area contributed by atoms with E-state index in [9.17, 15) is 5.11 Å². The second kappa shape index (κ2) is 4.20. The lowest BCUT2D eigenvalue weighted by Crippen LogP contribution is -1.96. The topological polar surface area (TPSA) is 62.0 Å². The third kappa shape index (κ3) is 1.68. The molecule has 0 bridgehead atoms. The zero-order valence-corrected chi connectivity index (χ0v) is 9.67. The highest BCUT2D eigenvalue weighted by Crippen LogP contribution is 2.36. The van der Waals surface area contributed by atoms with Crippen LogP contribution in [0.4, 0.5) is 0 Å². The van der Waals surface area contributed by atoms with E-state index in [2.05, 4.69) is 4.98 Å². The predicted molar refractivity (Wildman–Crippen MR) is 65.5 cm³/mol. The van der Waals surface area contributed by atoms with Crippen LogP contribution in [0, 0.1) is 6.92 Å². The van der Waals surface area contributed by atoms with Crippen molar-refractivity contribution < 1.29 is 5.11 Å². The molecule has 1 aromatic heterocycles. The van der Waals surface area contributed by atoms with Crippen LogP contribution in [-0.2, 0) is 6.54 Å². The maximum atomic E-state index is 10.0. The summed E-state index contributed by atoms with van der Waals surface area (Å²) in [5.41, 5.74) is 8.58. The van der Waals surface area contributed by atoms with Crippen molar-refractivity contribution in [1.82, 2.24) is 4.98 Å². The van der Waals surface area contributed by atoms with Crippen molar-refractivity contribution >= 4 is 11.6 Å². The van der Waals surface area contributed by atoms with Crippen molar-refractivity contribution in [2.75, 3.05) is 0 Å². The van der Waals surface area contributed by atoms with E-state index in [4.69, 9.17) is 17.3 Å². The molecule has 0 unspecified atom stereocenters. The Morgan fingerprint density at radius 1 is 1.38 bits per heavy atom. The second-order valence-electron chi connectivity index (χ2n) is 3.64. The molecule has 16 heavy (non-hydrogen) atoms. The van der Waals surface area contributed by atoms with Gasteiger partial charge in [0.25, 0.3) is 0 Å². The van der Waals surface area contributed by atoms with E-state index < -0.39 is 0 Å². The third-order valence-corrected chi connectivity index (χ3v) is 2.96. The van der Waals surface area contributed by atoms with Crippen molar-refractivity contribution in [2.24, 2.45) is 5.73 Å². The number of aromatic nitrogens is 1. The molecule has 1 aromatic carbocycles. The molecule has 2 rings (SSSR count). The summed E-state index contributed by atoms with van der Waals surface area (Å²) in [5.74, 6) is 0.188. The van der Waals surface area contributed by atoms with E-state index >= 15 is 0 Å². The minimum atomic E-state index is 0.188. The first kappa shape index (κ1) is 11.0. The van der Waals surface area contributed by atoms with Gasteiger partial charge in [-0.1, -0.05) is 29.8 Å². The molecule has 0 fully saturated rings. The Hall–Kier alpha value is -1.45. The maximum Gasteiger partial charge on any atom is 0.145 e. The molecular formula is C12H13ClN2O. The van der Waals surface area contributed by atoms with Crippen LogP contribution in [0.2, 0.25) is 5.02 Å². The van der Waals surface area contributed by atoms with Gasteiger partial charge in [0.2, 0.25) is 0 Å². The fourth-order valence-electron chi connectivity index (χ4n) is 1.76. The number of hydrogen-bond acceptors (Lipinski definition) is 2. The Labute approximate surface area is 98.9 Å². The Morgan fingerprint density at radius 2 is 2.06 bits per heavy atom. The fourth-order valence-corrected chi connectivity index (χ4v) is 1.99. The summed E-state index contributed by atoms with van der Waals surface area (Å²) in [5, 5.41) is 10.6. The molecule has 4 N–H and O–H groups in total. The van der Waals surface area contributed by atoms with Gasteiger partial charge in [-0.25, -0.2) is 0 Å².